The van der Waals surface area contributed by atoms with Gasteiger partial charge in [-0.05, 0) is 30.5 Å². The molecule has 1 spiro atoms. The highest BCUT2D eigenvalue weighted by Crippen LogP contribution is 2.35. The predicted octanol–water partition coefficient (Wildman–Crippen LogP) is 3.43. The van der Waals surface area contributed by atoms with Crippen molar-refractivity contribution in [2.45, 2.75) is 38.6 Å². The molecule has 0 N–H and O–H groups in total. The van der Waals surface area contributed by atoms with Crippen LogP contribution in [0, 0.1) is 6.92 Å². The van der Waals surface area contributed by atoms with E-state index in [0.29, 0.717) is 6.61 Å². The molecule has 0 saturated carbocycles. The second-order valence-corrected chi connectivity index (χ2v) is 7.81. The Morgan fingerprint density at radius 2 is 2.00 bits per heavy atom. The zero-order valence-corrected chi connectivity index (χ0v) is 15.6. The Bertz CT molecular complexity index is 935. The second-order valence-electron chi connectivity index (χ2n) is 7.81. The molecule has 27 heavy (non-hydrogen) atoms. The minimum Gasteiger partial charge on any atom is -0.364 e. The van der Waals surface area contributed by atoms with Crippen LogP contribution >= 0.6 is 0 Å². The molecule has 0 bridgehead atoms. The standard InChI is InChI=1S/C22H24N4O/c1-17-4-6-19(7-5-17)20-12-24-21-14-27-22(16-26(20)21)8-10-25(15-22)13-18-3-2-9-23-11-18/h2-7,9,11-12H,8,10,13-16H2,1H3/t22-/m0/s1. The van der Waals surface area contributed by atoms with Crippen LogP contribution in [-0.4, -0.2) is 38.1 Å². The summed E-state index contributed by atoms with van der Waals surface area (Å²) in [5.41, 5.74) is 4.84. The van der Waals surface area contributed by atoms with Crippen molar-refractivity contribution in [2.24, 2.45) is 0 Å². The van der Waals surface area contributed by atoms with Gasteiger partial charge in [-0.25, -0.2) is 4.98 Å². The third-order valence-corrected chi connectivity index (χ3v) is 5.76. The number of aryl methyl sites for hydroxylation is 1. The van der Waals surface area contributed by atoms with Gasteiger partial charge in [0.15, 0.2) is 0 Å². The number of rotatable bonds is 3. The topological polar surface area (TPSA) is 43.2 Å². The smallest absolute Gasteiger partial charge is 0.135 e. The highest BCUT2D eigenvalue weighted by Gasteiger charge is 2.43. The molecular weight excluding hydrogens is 336 g/mol. The molecule has 5 nitrogen and oxygen atoms in total. The van der Waals surface area contributed by atoms with Crippen molar-refractivity contribution in [1.82, 2.24) is 19.4 Å². The zero-order chi connectivity index (χ0) is 18.3. The van der Waals surface area contributed by atoms with Gasteiger partial charge in [0.05, 0.1) is 18.4 Å². The van der Waals surface area contributed by atoms with Gasteiger partial charge in [-0.3, -0.25) is 9.88 Å². The van der Waals surface area contributed by atoms with Gasteiger partial charge in [-0.2, -0.15) is 0 Å². The number of imidazole rings is 1. The molecule has 2 aliphatic heterocycles. The molecule has 2 aliphatic rings. The maximum atomic E-state index is 6.35. The maximum absolute atomic E-state index is 6.35. The first-order valence-electron chi connectivity index (χ1n) is 9.57. The van der Waals surface area contributed by atoms with Crippen LogP contribution in [0.1, 0.15) is 23.4 Å². The van der Waals surface area contributed by atoms with Gasteiger partial charge < -0.3 is 9.30 Å². The van der Waals surface area contributed by atoms with E-state index in [4.69, 9.17) is 4.74 Å². The number of ether oxygens (including phenoxy) is 1. The van der Waals surface area contributed by atoms with Crippen molar-refractivity contribution in [3.05, 3.63) is 71.9 Å². The Labute approximate surface area is 159 Å². The highest BCUT2D eigenvalue weighted by molar-refractivity contribution is 5.60. The average molecular weight is 360 g/mol. The molecule has 5 rings (SSSR count). The minimum atomic E-state index is -0.116. The summed E-state index contributed by atoms with van der Waals surface area (Å²) in [6, 6.07) is 12.8. The SMILES string of the molecule is Cc1ccc(-c2cnc3n2C[C@@]2(CCN(Cc4cccnc4)C2)OC3)cc1. The number of hydrogen-bond donors (Lipinski definition) is 0. The van der Waals surface area contributed by atoms with E-state index in [1.807, 2.05) is 24.7 Å². The van der Waals surface area contributed by atoms with Crippen LogP contribution in [0.5, 0.6) is 0 Å². The molecule has 3 aromatic rings. The number of aromatic nitrogens is 3. The van der Waals surface area contributed by atoms with E-state index in [-0.39, 0.29) is 5.60 Å². The van der Waals surface area contributed by atoms with Crippen molar-refractivity contribution < 1.29 is 4.74 Å². The molecule has 4 heterocycles. The van der Waals surface area contributed by atoms with Gasteiger partial charge in [0.1, 0.15) is 18.0 Å². The van der Waals surface area contributed by atoms with E-state index >= 15 is 0 Å². The lowest BCUT2D eigenvalue weighted by atomic mass is 10.0. The molecule has 0 amide bonds. The summed E-state index contributed by atoms with van der Waals surface area (Å²) in [7, 11) is 0. The van der Waals surface area contributed by atoms with E-state index in [2.05, 4.69) is 56.7 Å². The Kier molecular flexibility index (Phi) is 4.06. The quantitative estimate of drug-likeness (QED) is 0.718. The largest absolute Gasteiger partial charge is 0.364 e. The normalized spacial score (nSPS) is 22.3. The number of nitrogens with zero attached hydrogens (tertiary/aromatic N) is 4. The summed E-state index contributed by atoms with van der Waals surface area (Å²) in [4.78, 5) is 11.3. The van der Waals surface area contributed by atoms with Crippen molar-refractivity contribution >= 4 is 0 Å². The molecule has 138 valence electrons. The second kappa shape index (κ2) is 6.59. The molecule has 1 aromatic carbocycles. The molecule has 5 heteroatoms. The average Bonchev–Trinajstić information content (AvgIpc) is 3.28. The van der Waals surface area contributed by atoms with E-state index in [1.165, 1.54) is 22.4 Å². The van der Waals surface area contributed by atoms with Gasteiger partial charge >= 0.3 is 0 Å². The zero-order valence-electron chi connectivity index (χ0n) is 15.6. The fraction of sp³-hybridized carbons (Fsp3) is 0.364. The fourth-order valence-corrected chi connectivity index (χ4v) is 4.27. The van der Waals surface area contributed by atoms with Crippen molar-refractivity contribution in [2.75, 3.05) is 13.1 Å². The Morgan fingerprint density at radius 3 is 2.81 bits per heavy atom. The number of hydrogen-bond acceptors (Lipinski definition) is 4. The first-order valence-corrected chi connectivity index (χ1v) is 9.57. The van der Waals surface area contributed by atoms with Crippen LogP contribution in [0.15, 0.2) is 55.0 Å². The van der Waals surface area contributed by atoms with Gasteiger partial charge in [-0.1, -0.05) is 35.9 Å². The molecule has 0 aliphatic carbocycles. The third-order valence-electron chi connectivity index (χ3n) is 5.76. The van der Waals surface area contributed by atoms with Gasteiger partial charge in [0, 0.05) is 32.0 Å². The molecule has 1 fully saturated rings. The Balaban J connectivity index is 1.36. The summed E-state index contributed by atoms with van der Waals surface area (Å²) in [6.07, 6.45) is 6.82. The molecule has 0 radical (unpaired) electrons. The van der Waals surface area contributed by atoms with Crippen LogP contribution in [0.25, 0.3) is 11.3 Å². The number of fused-ring (bicyclic) bond motifs is 1. The van der Waals surface area contributed by atoms with E-state index < -0.39 is 0 Å². The lowest BCUT2D eigenvalue weighted by molar-refractivity contribution is -0.0821. The summed E-state index contributed by atoms with van der Waals surface area (Å²) in [5, 5.41) is 0. The van der Waals surface area contributed by atoms with Gasteiger partial charge in [0.25, 0.3) is 0 Å². The molecular formula is C22H24N4O. The van der Waals surface area contributed by atoms with Crippen LogP contribution in [0.4, 0.5) is 0 Å². The lowest BCUT2D eigenvalue weighted by Crippen LogP contribution is -2.44. The van der Waals surface area contributed by atoms with Crippen LogP contribution in [0.2, 0.25) is 0 Å². The molecule has 2 aromatic heterocycles. The molecule has 1 saturated heterocycles. The summed E-state index contributed by atoms with van der Waals surface area (Å²) in [6.45, 7) is 6.52. The van der Waals surface area contributed by atoms with Crippen LogP contribution in [-0.2, 0) is 24.4 Å². The van der Waals surface area contributed by atoms with Crippen LogP contribution < -0.4 is 0 Å². The van der Waals surface area contributed by atoms with Crippen LogP contribution in [0.3, 0.4) is 0 Å². The van der Waals surface area contributed by atoms with E-state index in [9.17, 15) is 0 Å². The van der Waals surface area contributed by atoms with E-state index in [0.717, 1.165) is 38.4 Å². The lowest BCUT2D eigenvalue weighted by Gasteiger charge is -2.35. The summed E-state index contributed by atoms with van der Waals surface area (Å²) in [5.74, 6) is 1.03. The fourth-order valence-electron chi connectivity index (χ4n) is 4.27. The number of likely N-dealkylation sites (tertiary alicyclic amines) is 1. The van der Waals surface area contributed by atoms with Crippen molar-refractivity contribution in [3.8, 4) is 11.3 Å². The first kappa shape index (κ1) is 16.7. The third kappa shape index (κ3) is 3.17. The van der Waals surface area contributed by atoms with Gasteiger partial charge in [-0.15, -0.1) is 0 Å². The van der Waals surface area contributed by atoms with Gasteiger partial charge in [0.2, 0.25) is 0 Å². The maximum Gasteiger partial charge on any atom is 0.135 e. The van der Waals surface area contributed by atoms with Crippen molar-refractivity contribution in [3.63, 3.8) is 0 Å². The monoisotopic (exact) mass is 360 g/mol. The summed E-state index contributed by atoms with van der Waals surface area (Å²) >= 11 is 0. The molecule has 0 unspecified atom stereocenters. The highest BCUT2D eigenvalue weighted by atomic mass is 16.5. The first-order chi connectivity index (χ1) is 13.2. The predicted molar refractivity (Wildman–Crippen MR) is 104 cm³/mol. The number of benzene rings is 1. The van der Waals surface area contributed by atoms with Crippen molar-refractivity contribution in [1.29, 1.82) is 0 Å². The Hall–Kier alpha value is -2.50. The minimum absolute atomic E-state index is 0.116. The summed E-state index contributed by atoms with van der Waals surface area (Å²) < 4.78 is 8.71. The molecule has 1 atom stereocenters. The number of pyridine rings is 1. The van der Waals surface area contributed by atoms with E-state index in [1.54, 1.807) is 0 Å². The Morgan fingerprint density at radius 1 is 1.11 bits per heavy atom.